The van der Waals surface area contributed by atoms with Crippen LogP contribution in [0.15, 0.2) is 30.3 Å². The van der Waals surface area contributed by atoms with Crippen molar-refractivity contribution in [3.63, 3.8) is 0 Å². The number of amides is 2. The normalized spacial score (nSPS) is 19.6. The summed E-state index contributed by atoms with van der Waals surface area (Å²) in [6.45, 7) is 4.23. The lowest BCUT2D eigenvalue weighted by Gasteiger charge is -2.22. The van der Waals surface area contributed by atoms with Crippen LogP contribution in [0.4, 0.5) is 4.79 Å². The first-order valence-corrected chi connectivity index (χ1v) is 5.66. The van der Waals surface area contributed by atoms with Gasteiger partial charge in [-0.15, -0.1) is 0 Å². The summed E-state index contributed by atoms with van der Waals surface area (Å²) in [4.78, 5) is 25.0. The quantitative estimate of drug-likeness (QED) is 0.787. The van der Waals surface area contributed by atoms with Crippen molar-refractivity contribution in [3.8, 4) is 0 Å². The number of hydrogen-bond donors (Lipinski definition) is 0. The van der Waals surface area contributed by atoms with Crippen molar-refractivity contribution < 1.29 is 14.3 Å². The second-order valence-electron chi connectivity index (χ2n) is 4.43. The van der Waals surface area contributed by atoms with E-state index in [0.717, 1.165) is 0 Å². The second-order valence-corrected chi connectivity index (χ2v) is 4.43. The first-order chi connectivity index (χ1) is 8.11. The van der Waals surface area contributed by atoms with Gasteiger partial charge in [-0.05, 0) is 18.1 Å². The van der Waals surface area contributed by atoms with Gasteiger partial charge in [-0.1, -0.05) is 32.0 Å². The Labute approximate surface area is 100 Å². The number of nitrogens with zero attached hydrogens (tertiary/aromatic N) is 1. The molecule has 2 rings (SSSR count). The molecule has 1 aliphatic heterocycles. The first-order valence-electron chi connectivity index (χ1n) is 5.66. The Morgan fingerprint density at radius 3 is 2.59 bits per heavy atom. The maximum Gasteiger partial charge on any atom is 0.417 e. The fraction of sp³-hybridized carbons (Fsp3) is 0.385. The van der Waals surface area contributed by atoms with Crippen LogP contribution in [0.25, 0.3) is 0 Å². The Morgan fingerprint density at radius 2 is 2.00 bits per heavy atom. The third-order valence-corrected chi connectivity index (χ3v) is 2.91. The zero-order chi connectivity index (χ0) is 12.4. The summed E-state index contributed by atoms with van der Waals surface area (Å²) in [7, 11) is 0. The Hall–Kier alpha value is -1.84. The second kappa shape index (κ2) is 4.57. The van der Waals surface area contributed by atoms with Gasteiger partial charge in [0.15, 0.2) is 0 Å². The molecule has 0 aliphatic carbocycles. The number of ether oxygens (including phenoxy) is 1. The van der Waals surface area contributed by atoms with E-state index < -0.39 is 6.09 Å². The monoisotopic (exact) mass is 233 g/mol. The summed E-state index contributed by atoms with van der Waals surface area (Å²) >= 11 is 0. The van der Waals surface area contributed by atoms with E-state index >= 15 is 0 Å². The Balaban J connectivity index is 2.26. The third kappa shape index (κ3) is 2.16. The minimum Gasteiger partial charge on any atom is -0.447 e. The van der Waals surface area contributed by atoms with Crippen molar-refractivity contribution in [2.45, 2.75) is 19.9 Å². The van der Waals surface area contributed by atoms with E-state index in [1.54, 1.807) is 24.3 Å². The predicted molar refractivity (Wildman–Crippen MR) is 62.6 cm³/mol. The van der Waals surface area contributed by atoms with Crippen LogP contribution in [-0.4, -0.2) is 29.5 Å². The van der Waals surface area contributed by atoms with Gasteiger partial charge in [-0.25, -0.2) is 9.69 Å². The van der Waals surface area contributed by atoms with Crippen molar-refractivity contribution in [1.29, 1.82) is 0 Å². The van der Waals surface area contributed by atoms with Crippen LogP contribution in [-0.2, 0) is 4.74 Å². The summed E-state index contributed by atoms with van der Waals surface area (Å²) in [6.07, 6.45) is -0.544. The standard InChI is InChI=1S/C13H15NO3/c1-9(2)11-8-17-13(16)14(11)12(15)10-6-4-3-5-7-10/h3-7,9,11H,8H2,1-2H3/t11-/m1/s1. The molecule has 1 aromatic carbocycles. The molecule has 0 unspecified atom stereocenters. The van der Waals surface area contributed by atoms with E-state index in [9.17, 15) is 9.59 Å². The molecule has 90 valence electrons. The van der Waals surface area contributed by atoms with Gasteiger partial charge in [0.1, 0.15) is 6.61 Å². The fourth-order valence-corrected chi connectivity index (χ4v) is 1.88. The topological polar surface area (TPSA) is 46.6 Å². The number of hydrogen-bond acceptors (Lipinski definition) is 3. The molecule has 2 amide bonds. The summed E-state index contributed by atoms with van der Waals surface area (Å²) in [5.41, 5.74) is 0.511. The molecule has 0 saturated carbocycles. The smallest absolute Gasteiger partial charge is 0.417 e. The van der Waals surface area contributed by atoms with Crippen LogP contribution in [0.5, 0.6) is 0 Å². The minimum absolute atomic E-state index is 0.171. The molecule has 1 aromatic rings. The molecule has 4 heteroatoms. The summed E-state index contributed by atoms with van der Waals surface area (Å²) in [5.74, 6) is -0.0964. The summed E-state index contributed by atoms with van der Waals surface area (Å²) < 4.78 is 4.95. The van der Waals surface area contributed by atoms with E-state index in [2.05, 4.69) is 0 Å². The van der Waals surface area contributed by atoms with Crippen molar-refractivity contribution in [2.24, 2.45) is 5.92 Å². The van der Waals surface area contributed by atoms with E-state index in [4.69, 9.17) is 4.74 Å². The molecule has 0 bridgehead atoms. The lowest BCUT2D eigenvalue weighted by molar-refractivity contribution is 0.0752. The number of cyclic esters (lactones) is 1. The third-order valence-electron chi connectivity index (χ3n) is 2.91. The van der Waals surface area contributed by atoms with Crippen LogP contribution < -0.4 is 0 Å². The average molecular weight is 233 g/mol. The summed E-state index contributed by atoms with van der Waals surface area (Å²) in [6, 6.07) is 8.61. The average Bonchev–Trinajstić information content (AvgIpc) is 2.71. The summed E-state index contributed by atoms with van der Waals surface area (Å²) in [5, 5.41) is 0. The molecule has 1 fully saturated rings. The highest BCUT2D eigenvalue weighted by atomic mass is 16.6. The van der Waals surface area contributed by atoms with Gasteiger partial charge in [-0.2, -0.15) is 0 Å². The van der Waals surface area contributed by atoms with Gasteiger partial charge in [0.25, 0.3) is 5.91 Å². The van der Waals surface area contributed by atoms with Crippen LogP contribution in [0, 0.1) is 5.92 Å². The SMILES string of the molecule is CC(C)[C@H]1COC(=O)N1C(=O)c1ccccc1. The molecule has 1 saturated heterocycles. The Bertz CT molecular complexity index is 428. The molecule has 0 N–H and O–H groups in total. The van der Waals surface area contributed by atoms with Crippen molar-refractivity contribution in [1.82, 2.24) is 4.90 Å². The Morgan fingerprint density at radius 1 is 1.35 bits per heavy atom. The number of benzene rings is 1. The van der Waals surface area contributed by atoms with Gasteiger partial charge in [-0.3, -0.25) is 4.79 Å². The molecule has 4 nitrogen and oxygen atoms in total. The number of carbonyl (C=O) groups excluding carboxylic acids is 2. The zero-order valence-corrected chi connectivity index (χ0v) is 9.92. The number of rotatable bonds is 2. The van der Waals surface area contributed by atoms with Gasteiger partial charge in [0.05, 0.1) is 6.04 Å². The van der Waals surface area contributed by atoms with Crippen LogP contribution in [0.1, 0.15) is 24.2 Å². The molecule has 17 heavy (non-hydrogen) atoms. The van der Waals surface area contributed by atoms with Crippen LogP contribution >= 0.6 is 0 Å². The molecule has 0 aromatic heterocycles. The van der Waals surface area contributed by atoms with E-state index in [1.807, 2.05) is 19.9 Å². The maximum atomic E-state index is 12.2. The number of carbonyl (C=O) groups is 2. The van der Waals surface area contributed by atoms with Crippen molar-refractivity contribution in [3.05, 3.63) is 35.9 Å². The maximum absolute atomic E-state index is 12.2. The fourth-order valence-electron chi connectivity index (χ4n) is 1.88. The molecule has 0 radical (unpaired) electrons. The first kappa shape index (κ1) is 11.6. The number of imide groups is 1. The van der Waals surface area contributed by atoms with Gasteiger partial charge in [0.2, 0.25) is 0 Å². The highest BCUT2D eigenvalue weighted by Crippen LogP contribution is 2.21. The molecule has 1 atom stereocenters. The lowest BCUT2D eigenvalue weighted by atomic mass is 10.0. The molecule has 0 spiro atoms. The van der Waals surface area contributed by atoms with Crippen molar-refractivity contribution >= 4 is 12.0 Å². The van der Waals surface area contributed by atoms with Crippen molar-refractivity contribution in [2.75, 3.05) is 6.61 Å². The molecule has 1 heterocycles. The van der Waals surface area contributed by atoms with Crippen LogP contribution in [0.2, 0.25) is 0 Å². The zero-order valence-electron chi connectivity index (χ0n) is 9.92. The highest BCUT2D eigenvalue weighted by molar-refractivity contribution is 6.03. The lowest BCUT2D eigenvalue weighted by Crippen LogP contribution is -2.41. The van der Waals surface area contributed by atoms with Gasteiger partial charge >= 0.3 is 6.09 Å². The Kier molecular flexibility index (Phi) is 3.13. The minimum atomic E-state index is -0.544. The van der Waals surface area contributed by atoms with Crippen LogP contribution in [0.3, 0.4) is 0 Å². The van der Waals surface area contributed by atoms with E-state index in [1.165, 1.54) is 4.90 Å². The molecule has 1 aliphatic rings. The largest absolute Gasteiger partial charge is 0.447 e. The molecular formula is C13H15NO3. The van der Waals surface area contributed by atoms with Gasteiger partial charge in [0, 0.05) is 5.56 Å². The van der Waals surface area contributed by atoms with E-state index in [-0.39, 0.29) is 24.5 Å². The highest BCUT2D eigenvalue weighted by Gasteiger charge is 2.39. The van der Waals surface area contributed by atoms with E-state index in [0.29, 0.717) is 5.56 Å². The van der Waals surface area contributed by atoms with Gasteiger partial charge < -0.3 is 4.74 Å². The molecular weight excluding hydrogens is 218 g/mol. The predicted octanol–water partition coefficient (Wildman–Crippen LogP) is 2.30.